The van der Waals surface area contributed by atoms with E-state index in [1.54, 1.807) is 18.2 Å². The molecule has 0 unspecified atom stereocenters. The van der Waals surface area contributed by atoms with E-state index in [1.165, 1.54) is 0 Å². The summed E-state index contributed by atoms with van der Waals surface area (Å²) in [6.45, 7) is 0.932. The fourth-order valence-electron chi connectivity index (χ4n) is 1.67. The number of hydrogen-bond donors (Lipinski definition) is 1. The molecule has 0 saturated carbocycles. The van der Waals surface area contributed by atoms with Crippen LogP contribution in [0.4, 0.5) is 11.4 Å². The average Bonchev–Trinajstić information content (AvgIpc) is 2.39. The van der Waals surface area contributed by atoms with Crippen molar-refractivity contribution in [2.45, 2.75) is 13.2 Å². The smallest absolute Gasteiger partial charge is 0.108 e. The molecule has 2 aromatic carbocycles. The number of nitroso groups, excluding NO2 is 1. The average molecular weight is 242 g/mol. The maximum absolute atomic E-state index is 10.4. The Labute approximate surface area is 105 Å². The molecule has 0 bridgehead atoms. The van der Waals surface area contributed by atoms with Crippen molar-refractivity contribution in [3.8, 4) is 0 Å². The molecule has 0 fully saturated rings. The molecule has 0 radical (unpaired) electrons. The van der Waals surface area contributed by atoms with Gasteiger partial charge in [0.1, 0.15) is 5.69 Å². The first-order valence-corrected chi connectivity index (χ1v) is 5.62. The molecule has 0 amide bonds. The molecule has 92 valence electrons. The van der Waals surface area contributed by atoms with Crippen LogP contribution >= 0.6 is 0 Å². The monoisotopic (exact) mass is 242 g/mol. The molecule has 0 aromatic heterocycles. The van der Waals surface area contributed by atoms with Crippen molar-refractivity contribution in [1.82, 2.24) is 0 Å². The van der Waals surface area contributed by atoms with Crippen molar-refractivity contribution >= 4 is 11.4 Å². The quantitative estimate of drug-likeness (QED) is 0.645. The minimum absolute atomic E-state index is 0.417. The van der Waals surface area contributed by atoms with Crippen molar-refractivity contribution in [2.24, 2.45) is 5.18 Å². The molecular formula is C14H14N2O2. The third kappa shape index (κ3) is 3.40. The zero-order valence-electron chi connectivity index (χ0n) is 9.87. The van der Waals surface area contributed by atoms with Crippen LogP contribution in [-0.2, 0) is 18.0 Å². The Kier molecular flexibility index (Phi) is 4.04. The van der Waals surface area contributed by atoms with Crippen LogP contribution in [-0.4, -0.2) is 0 Å². The maximum Gasteiger partial charge on any atom is 0.108 e. The van der Waals surface area contributed by atoms with Gasteiger partial charge in [0.25, 0.3) is 0 Å². The molecule has 4 heteroatoms. The molecule has 0 spiro atoms. The number of nitrogens with zero attached hydrogens (tertiary/aromatic N) is 1. The molecule has 2 aromatic rings. The number of nitrogen functional groups attached to an aromatic ring is 1. The number of anilines is 1. The van der Waals surface area contributed by atoms with Crippen LogP contribution in [0.15, 0.2) is 53.7 Å². The summed E-state index contributed by atoms with van der Waals surface area (Å²) in [7, 11) is 0. The zero-order chi connectivity index (χ0) is 12.8. The highest BCUT2D eigenvalue weighted by Crippen LogP contribution is 2.15. The summed E-state index contributed by atoms with van der Waals surface area (Å²) in [6, 6.07) is 14.6. The van der Waals surface area contributed by atoms with E-state index in [0.29, 0.717) is 18.9 Å². The third-order valence-corrected chi connectivity index (χ3v) is 2.50. The van der Waals surface area contributed by atoms with E-state index in [0.717, 1.165) is 16.8 Å². The minimum atomic E-state index is 0.417. The molecule has 0 saturated heterocycles. The van der Waals surface area contributed by atoms with Gasteiger partial charge < -0.3 is 10.5 Å². The van der Waals surface area contributed by atoms with Crippen LogP contribution in [0.2, 0.25) is 0 Å². The Hall–Kier alpha value is -2.20. The largest absolute Gasteiger partial charge is 0.399 e. The van der Waals surface area contributed by atoms with E-state index in [2.05, 4.69) is 5.18 Å². The summed E-state index contributed by atoms with van der Waals surface area (Å²) in [5.41, 5.74) is 8.77. The van der Waals surface area contributed by atoms with Crippen LogP contribution in [0.1, 0.15) is 11.1 Å². The summed E-state index contributed by atoms with van der Waals surface area (Å²) in [5.74, 6) is 0. The summed E-state index contributed by atoms with van der Waals surface area (Å²) in [5, 5.41) is 2.89. The molecule has 2 rings (SSSR count). The van der Waals surface area contributed by atoms with E-state index >= 15 is 0 Å². The first-order valence-electron chi connectivity index (χ1n) is 5.62. The highest BCUT2D eigenvalue weighted by molar-refractivity contribution is 5.40. The number of hydrogen-bond acceptors (Lipinski definition) is 4. The number of nitrogens with two attached hydrogens (primary N) is 1. The Morgan fingerprint density at radius 3 is 2.33 bits per heavy atom. The lowest BCUT2D eigenvalue weighted by Gasteiger charge is -2.05. The standard InChI is InChI=1S/C14H14N2O2/c15-13-5-1-3-11(7-13)9-18-10-12-4-2-6-14(8-12)16-17/h1-8H,9-10,15H2. The summed E-state index contributed by atoms with van der Waals surface area (Å²) < 4.78 is 5.56. The highest BCUT2D eigenvalue weighted by atomic mass is 16.5. The molecule has 2 N–H and O–H groups in total. The van der Waals surface area contributed by atoms with Crippen molar-refractivity contribution in [3.63, 3.8) is 0 Å². The molecule has 0 aliphatic heterocycles. The molecule has 0 atom stereocenters. The fourth-order valence-corrected chi connectivity index (χ4v) is 1.67. The number of rotatable bonds is 5. The third-order valence-electron chi connectivity index (χ3n) is 2.50. The predicted molar refractivity (Wildman–Crippen MR) is 71.2 cm³/mol. The van der Waals surface area contributed by atoms with Crippen LogP contribution in [0.5, 0.6) is 0 Å². The van der Waals surface area contributed by atoms with Crippen molar-refractivity contribution in [1.29, 1.82) is 0 Å². The number of benzene rings is 2. The SMILES string of the molecule is Nc1cccc(COCc2cccc(N=O)c2)c1. The van der Waals surface area contributed by atoms with Gasteiger partial charge in [-0.05, 0) is 40.6 Å². The number of ether oxygens (including phenoxy) is 1. The van der Waals surface area contributed by atoms with Gasteiger partial charge in [0, 0.05) is 5.69 Å². The molecule has 0 aliphatic rings. The second kappa shape index (κ2) is 5.93. The highest BCUT2D eigenvalue weighted by Gasteiger charge is 1.98. The van der Waals surface area contributed by atoms with Gasteiger partial charge in [-0.25, -0.2) is 0 Å². The van der Waals surface area contributed by atoms with E-state index in [1.807, 2.05) is 30.3 Å². The first kappa shape index (κ1) is 12.3. The van der Waals surface area contributed by atoms with Gasteiger partial charge in [0.05, 0.1) is 13.2 Å². The molecule has 0 heterocycles. The van der Waals surface area contributed by atoms with E-state index in [4.69, 9.17) is 10.5 Å². The normalized spacial score (nSPS) is 10.2. The van der Waals surface area contributed by atoms with Crippen molar-refractivity contribution in [2.75, 3.05) is 5.73 Å². The Bertz CT molecular complexity index is 541. The van der Waals surface area contributed by atoms with Crippen LogP contribution in [0.25, 0.3) is 0 Å². The molecular weight excluding hydrogens is 228 g/mol. The maximum atomic E-state index is 10.4. The van der Waals surface area contributed by atoms with E-state index in [9.17, 15) is 4.91 Å². The van der Waals surface area contributed by atoms with Gasteiger partial charge in [0.15, 0.2) is 0 Å². The fraction of sp³-hybridized carbons (Fsp3) is 0.143. The summed E-state index contributed by atoms with van der Waals surface area (Å²) >= 11 is 0. The molecule has 18 heavy (non-hydrogen) atoms. The Morgan fingerprint density at radius 1 is 1.00 bits per heavy atom. The van der Waals surface area contributed by atoms with Crippen LogP contribution < -0.4 is 5.73 Å². The molecule has 4 nitrogen and oxygen atoms in total. The lowest BCUT2D eigenvalue weighted by molar-refractivity contribution is 0.107. The first-order chi connectivity index (χ1) is 8.78. The Morgan fingerprint density at radius 2 is 1.67 bits per heavy atom. The van der Waals surface area contributed by atoms with Crippen LogP contribution in [0.3, 0.4) is 0 Å². The van der Waals surface area contributed by atoms with E-state index in [-0.39, 0.29) is 0 Å². The van der Waals surface area contributed by atoms with Gasteiger partial charge in [-0.1, -0.05) is 24.3 Å². The van der Waals surface area contributed by atoms with Crippen molar-refractivity contribution < 1.29 is 4.74 Å². The topological polar surface area (TPSA) is 64.7 Å². The lowest BCUT2D eigenvalue weighted by atomic mass is 10.2. The van der Waals surface area contributed by atoms with E-state index < -0.39 is 0 Å². The Balaban J connectivity index is 1.90. The minimum Gasteiger partial charge on any atom is -0.399 e. The van der Waals surface area contributed by atoms with Gasteiger partial charge in [-0.3, -0.25) is 0 Å². The van der Waals surface area contributed by atoms with Crippen LogP contribution in [0, 0.1) is 4.91 Å². The molecule has 0 aliphatic carbocycles. The van der Waals surface area contributed by atoms with Gasteiger partial charge in [-0.2, -0.15) is 0 Å². The summed E-state index contributed by atoms with van der Waals surface area (Å²) in [4.78, 5) is 10.4. The van der Waals surface area contributed by atoms with Crippen molar-refractivity contribution in [3.05, 3.63) is 64.6 Å². The van der Waals surface area contributed by atoms with Gasteiger partial charge in [0.2, 0.25) is 0 Å². The zero-order valence-corrected chi connectivity index (χ0v) is 9.87. The predicted octanol–water partition coefficient (Wildman–Crippen LogP) is 3.38. The second-order valence-corrected chi connectivity index (χ2v) is 4.00. The summed E-state index contributed by atoms with van der Waals surface area (Å²) in [6.07, 6.45) is 0. The second-order valence-electron chi connectivity index (χ2n) is 4.00. The van der Waals surface area contributed by atoms with Gasteiger partial charge >= 0.3 is 0 Å². The lowest BCUT2D eigenvalue weighted by Crippen LogP contribution is -1.95. The van der Waals surface area contributed by atoms with Gasteiger partial charge in [-0.15, -0.1) is 4.91 Å².